The van der Waals surface area contributed by atoms with Gasteiger partial charge in [-0.3, -0.25) is 0 Å². The van der Waals surface area contributed by atoms with Crippen molar-refractivity contribution in [2.75, 3.05) is 13.2 Å². The summed E-state index contributed by atoms with van der Waals surface area (Å²) in [6.45, 7) is 2.31. The molecule has 0 fully saturated rings. The molecular weight excluding hydrogens is 216 g/mol. The molecule has 0 unspecified atom stereocenters. The lowest BCUT2D eigenvalue weighted by atomic mass is 10.1. The number of aliphatic hydroxyl groups is 1. The molecule has 1 aromatic heterocycles. The highest BCUT2D eigenvalue weighted by atomic mass is 16.5. The Morgan fingerprint density at radius 2 is 2.29 bits per heavy atom. The molecule has 1 aromatic carbocycles. The molecule has 0 spiro atoms. The molecule has 92 valence electrons. The molecule has 2 aromatic rings. The van der Waals surface area contributed by atoms with Gasteiger partial charge in [0.05, 0.1) is 12.1 Å². The quantitative estimate of drug-likeness (QED) is 0.733. The lowest BCUT2D eigenvalue weighted by Crippen LogP contribution is -2.17. The number of aliphatic hydroxyl groups excluding tert-OH is 1. The van der Waals surface area contributed by atoms with Gasteiger partial charge in [-0.15, -0.1) is 0 Å². The maximum Gasteiger partial charge on any atom is 0.143 e. The number of H-pyrrole nitrogens is 1. The predicted molar refractivity (Wildman–Crippen MR) is 68.2 cm³/mol. The number of nitrogens with two attached hydrogens (primary N) is 1. The van der Waals surface area contributed by atoms with Gasteiger partial charge >= 0.3 is 0 Å². The Morgan fingerprint density at radius 3 is 3.00 bits per heavy atom. The van der Waals surface area contributed by atoms with Gasteiger partial charge in [0.15, 0.2) is 0 Å². The number of nitrogens with one attached hydrogen (secondary N) is 1. The molecule has 1 atom stereocenters. The standard InChI is InChI=1S/C13H18N2O2/c1-9(14)7-10-8-15-13-11(10)3-2-4-12(13)17-6-5-16/h2-4,8-9,15-16H,5-7,14H2,1H3/t9-/m1/s1. The summed E-state index contributed by atoms with van der Waals surface area (Å²) in [5.74, 6) is 0.771. The highest BCUT2D eigenvalue weighted by Gasteiger charge is 2.09. The van der Waals surface area contributed by atoms with E-state index in [4.69, 9.17) is 15.6 Å². The zero-order chi connectivity index (χ0) is 12.3. The number of aromatic amines is 1. The van der Waals surface area contributed by atoms with E-state index in [1.54, 1.807) is 0 Å². The number of para-hydroxylation sites is 1. The first-order valence-electron chi connectivity index (χ1n) is 5.80. The van der Waals surface area contributed by atoms with Gasteiger partial charge in [0.25, 0.3) is 0 Å². The largest absolute Gasteiger partial charge is 0.489 e. The Balaban J connectivity index is 2.35. The van der Waals surface area contributed by atoms with Crippen LogP contribution in [0.15, 0.2) is 24.4 Å². The fourth-order valence-corrected chi connectivity index (χ4v) is 1.98. The zero-order valence-corrected chi connectivity index (χ0v) is 9.94. The maximum absolute atomic E-state index is 8.77. The van der Waals surface area contributed by atoms with Gasteiger partial charge in [0.2, 0.25) is 0 Å². The van der Waals surface area contributed by atoms with Crippen LogP contribution in [0.4, 0.5) is 0 Å². The Morgan fingerprint density at radius 1 is 1.47 bits per heavy atom. The number of hydrogen-bond acceptors (Lipinski definition) is 3. The van der Waals surface area contributed by atoms with Crippen LogP contribution in [0.3, 0.4) is 0 Å². The van der Waals surface area contributed by atoms with Crippen molar-refractivity contribution < 1.29 is 9.84 Å². The Kier molecular flexibility index (Phi) is 3.66. The van der Waals surface area contributed by atoms with Crippen molar-refractivity contribution in [3.8, 4) is 5.75 Å². The summed E-state index contributed by atoms with van der Waals surface area (Å²) >= 11 is 0. The van der Waals surface area contributed by atoms with Crippen LogP contribution in [0, 0.1) is 0 Å². The van der Waals surface area contributed by atoms with Crippen molar-refractivity contribution in [1.29, 1.82) is 0 Å². The van der Waals surface area contributed by atoms with Crippen LogP contribution in [0.5, 0.6) is 5.75 Å². The number of aromatic nitrogens is 1. The van der Waals surface area contributed by atoms with Gasteiger partial charge in [-0.25, -0.2) is 0 Å². The van der Waals surface area contributed by atoms with Gasteiger partial charge in [-0.1, -0.05) is 12.1 Å². The molecule has 0 aliphatic carbocycles. The Bertz CT molecular complexity index is 491. The van der Waals surface area contributed by atoms with Crippen LogP contribution < -0.4 is 10.5 Å². The van der Waals surface area contributed by atoms with Crippen LogP contribution >= 0.6 is 0 Å². The third-order valence-corrected chi connectivity index (χ3v) is 2.65. The molecule has 4 nitrogen and oxygen atoms in total. The molecule has 4 heteroatoms. The second-order valence-corrected chi connectivity index (χ2v) is 4.25. The zero-order valence-electron chi connectivity index (χ0n) is 9.94. The fourth-order valence-electron chi connectivity index (χ4n) is 1.98. The van der Waals surface area contributed by atoms with Crippen LogP contribution in [0.1, 0.15) is 12.5 Å². The summed E-state index contributed by atoms with van der Waals surface area (Å²) in [4.78, 5) is 3.21. The van der Waals surface area contributed by atoms with E-state index in [-0.39, 0.29) is 12.6 Å². The van der Waals surface area contributed by atoms with Crippen LogP contribution in [-0.4, -0.2) is 29.3 Å². The molecule has 0 aliphatic heterocycles. The van der Waals surface area contributed by atoms with Crippen molar-refractivity contribution in [3.05, 3.63) is 30.0 Å². The lowest BCUT2D eigenvalue weighted by Gasteiger charge is -2.06. The molecule has 2 rings (SSSR count). The number of rotatable bonds is 5. The molecule has 0 saturated heterocycles. The van der Waals surface area contributed by atoms with E-state index >= 15 is 0 Å². The van der Waals surface area contributed by atoms with E-state index in [1.807, 2.05) is 25.3 Å². The van der Waals surface area contributed by atoms with Crippen molar-refractivity contribution in [3.63, 3.8) is 0 Å². The first kappa shape index (κ1) is 12.0. The number of hydrogen-bond donors (Lipinski definition) is 3. The smallest absolute Gasteiger partial charge is 0.143 e. The minimum Gasteiger partial charge on any atom is -0.489 e. The van der Waals surface area contributed by atoms with Gasteiger partial charge in [0, 0.05) is 17.6 Å². The molecule has 0 amide bonds. The molecule has 0 saturated carbocycles. The summed E-state index contributed by atoms with van der Waals surface area (Å²) in [6, 6.07) is 6.03. The van der Waals surface area contributed by atoms with Gasteiger partial charge in [-0.2, -0.15) is 0 Å². The van der Waals surface area contributed by atoms with Crippen LogP contribution in [0.25, 0.3) is 10.9 Å². The highest BCUT2D eigenvalue weighted by molar-refractivity contribution is 5.88. The topological polar surface area (TPSA) is 71.3 Å². The third-order valence-electron chi connectivity index (χ3n) is 2.65. The summed E-state index contributed by atoms with van der Waals surface area (Å²) < 4.78 is 5.47. The van der Waals surface area contributed by atoms with Gasteiger partial charge in [0.1, 0.15) is 12.4 Å². The molecular formula is C13H18N2O2. The van der Waals surface area contributed by atoms with E-state index in [1.165, 1.54) is 5.56 Å². The SMILES string of the molecule is C[C@@H](N)Cc1c[nH]c2c(OCCO)cccc12. The van der Waals surface area contributed by atoms with E-state index < -0.39 is 0 Å². The van der Waals surface area contributed by atoms with E-state index in [0.717, 1.165) is 23.1 Å². The molecule has 0 radical (unpaired) electrons. The lowest BCUT2D eigenvalue weighted by molar-refractivity contribution is 0.202. The van der Waals surface area contributed by atoms with Crippen molar-refractivity contribution >= 4 is 10.9 Å². The second kappa shape index (κ2) is 5.21. The minimum atomic E-state index is 0.0176. The maximum atomic E-state index is 8.77. The summed E-state index contributed by atoms with van der Waals surface area (Å²) in [5.41, 5.74) is 7.98. The Hall–Kier alpha value is -1.52. The highest BCUT2D eigenvalue weighted by Crippen LogP contribution is 2.27. The van der Waals surface area contributed by atoms with Crippen molar-refractivity contribution in [2.45, 2.75) is 19.4 Å². The van der Waals surface area contributed by atoms with E-state index in [0.29, 0.717) is 6.61 Å². The summed E-state index contributed by atoms with van der Waals surface area (Å²) in [7, 11) is 0. The summed E-state index contributed by atoms with van der Waals surface area (Å²) in [5, 5.41) is 9.91. The Labute approximate surface area is 100 Å². The predicted octanol–water partition coefficient (Wildman–Crippen LogP) is 1.43. The monoisotopic (exact) mass is 234 g/mol. The number of benzene rings is 1. The number of ether oxygens (including phenoxy) is 1. The normalized spacial score (nSPS) is 12.9. The molecule has 4 N–H and O–H groups in total. The average molecular weight is 234 g/mol. The first-order chi connectivity index (χ1) is 8.22. The minimum absolute atomic E-state index is 0.0176. The third kappa shape index (κ3) is 2.60. The fraction of sp³-hybridized carbons (Fsp3) is 0.385. The number of fused-ring (bicyclic) bond motifs is 1. The molecule has 0 bridgehead atoms. The van der Waals surface area contributed by atoms with Gasteiger partial charge < -0.3 is 20.6 Å². The van der Waals surface area contributed by atoms with E-state index in [9.17, 15) is 0 Å². The van der Waals surface area contributed by atoms with Crippen molar-refractivity contribution in [2.24, 2.45) is 5.73 Å². The van der Waals surface area contributed by atoms with Crippen LogP contribution in [0.2, 0.25) is 0 Å². The summed E-state index contributed by atoms with van der Waals surface area (Å²) in [6.07, 6.45) is 2.81. The first-order valence-corrected chi connectivity index (χ1v) is 5.80. The molecule has 1 heterocycles. The average Bonchev–Trinajstić information content (AvgIpc) is 2.70. The van der Waals surface area contributed by atoms with Crippen LogP contribution in [-0.2, 0) is 6.42 Å². The van der Waals surface area contributed by atoms with Crippen molar-refractivity contribution in [1.82, 2.24) is 4.98 Å². The molecule has 0 aliphatic rings. The molecule has 17 heavy (non-hydrogen) atoms. The van der Waals surface area contributed by atoms with Gasteiger partial charge in [-0.05, 0) is 25.0 Å². The van der Waals surface area contributed by atoms with E-state index in [2.05, 4.69) is 11.1 Å². The second-order valence-electron chi connectivity index (χ2n) is 4.25.